The van der Waals surface area contributed by atoms with Crippen molar-refractivity contribution in [3.05, 3.63) is 35.9 Å². The maximum Gasteiger partial charge on any atom is 0.278 e. The summed E-state index contributed by atoms with van der Waals surface area (Å²) >= 11 is 0. The quantitative estimate of drug-likeness (QED) is 0.448. The van der Waals surface area contributed by atoms with Gasteiger partial charge in [0.2, 0.25) is 5.91 Å². The van der Waals surface area contributed by atoms with Crippen LogP contribution in [0.5, 0.6) is 0 Å². The Morgan fingerprint density at radius 1 is 1.25 bits per heavy atom. The molecule has 2 fully saturated rings. The van der Waals surface area contributed by atoms with Gasteiger partial charge in [0.1, 0.15) is 6.54 Å². The second-order valence-corrected chi connectivity index (χ2v) is 10.5. The van der Waals surface area contributed by atoms with Gasteiger partial charge in [-0.3, -0.25) is 9.59 Å². The summed E-state index contributed by atoms with van der Waals surface area (Å²) in [6, 6.07) is 12.4. The van der Waals surface area contributed by atoms with E-state index in [2.05, 4.69) is 35.4 Å². The molecule has 2 heterocycles. The van der Waals surface area contributed by atoms with Crippen molar-refractivity contribution < 1.29 is 18.8 Å². The number of nitrogens with one attached hydrogen (secondary N) is 1. The number of amides is 2. The van der Waals surface area contributed by atoms with Crippen LogP contribution in [0.25, 0.3) is 0 Å². The van der Waals surface area contributed by atoms with E-state index in [1.54, 1.807) is 0 Å². The van der Waals surface area contributed by atoms with Crippen molar-refractivity contribution in [2.24, 2.45) is 11.3 Å². The maximum absolute atomic E-state index is 13.6. The molecule has 1 aromatic rings. The van der Waals surface area contributed by atoms with Gasteiger partial charge in [0, 0.05) is 50.4 Å². The Bertz CT molecular complexity index is 1010. The second-order valence-electron chi connectivity index (χ2n) is 10.5. The molecule has 0 bridgehead atoms. The van der Waals surface area contributed by atoms with Crippen LogP contribution in [0.15, 0.2) is 30.3 Å². The van der Waals surface area contributed by atoms with Gasteiger partial charge in [0.25, 0.3) is 5.91 Å². The van der Waals surface area contributed by atoms with E-state index in [1.807, 2.05) is 30.0 Å². The average molecular weight is 492 g/mol. The van der Waals surface area contributed by atoms with E-state index < -0.39 is 11.5 Å². The van der Waals surface area contributed by atoms with Crippen molar-refractivity contribution in [1.82, 2.24) is 10.2 Å². The summed E-state index contributed by atoms with van der Waals surface area (Å²) in [6.07, 6.45) is 4.47. The molecule has 1 aromatic carbocycles. The number of piperidine rings is 1. The largest absolute Gasteiger partial charge is 0.378 e. The zero-order chi connectivity index (χ0) is 25.4. The van der Waals surface area contributed by atoms with Gasteiger partial charge in [0.15, 0.2) is 6.04 Å². The fourth-order valence-corrected chi connectivity index (χ4v) is 6.16. The molecule has 192 valence electrons. The van der Waals surface area contributed by atoms with Gasteiger partial charge < -0.3 is 19.4 Å². The molecule has 1 aliphatic carbocycles. The summed E-state index contributed by atoms with van der Waals surface area (Å²) in [6.45, 7) is 6.66. The Kier molecular flexibility index (Phi) is 8.67. The van der Waals surface area contributed by atoms with Crippen molar-refractivity contribution in [3.63, 3.8) is 0 Å². The van der Waals surface area contributed by atoms with Gasteiger partial charge in [-0.1, -0.05) is 36.3 Å². The molecule has 2 unspecified atom stereocenters. The number of hydrogen-bond donors (Lipinski definition) is 1. The minimum atomic E-state index is -0.505. The van der Waals surface area contributed by atoms with E-state index in [1.165, 1.54) is 0 Å². The summed E-state index contributed by atoms with van der Waals surface area (Å²) in [7, 11) is 0. The number of nitrogens with zero attached hydrogens (tertiary/aromatic N) is 3. The highest BCUT2D eigenvalue weighted by Gasteiger charge is 2.52. The van der Waals surface area contributed by atoms with Gasteiger partial charge in [0.05, 0.1) is 44.2 Å². The summed E-state index contributed by atoms with van der Waals surface area (Å²) in [4.78, 5) is 28.8. The summed E-state index contributed by atoms with van der Waals surface area (Å²) in [5, 5.41) is 13.3. The Labute approximate surface area is 215 Å². The zero-order valence-electron chi connectivity index (χ0n) is 21.5. The molecular formula is C29H39N4O3+. The lowest BCUT2D eigenvalue weighted by Crippen LogP contribution is -2.65. The Morgan fingerprint density at radius 3 is 2.58 bits per heavy atom. The molecule has 4 rings (SSSR count). The Balaban J connectivity index is 1.65. The molecule has 7 nitrogen and oxygen atoms in total. The molecule has 3 aliphatic rings. The number of quaternary nitrogens is 1. The van der Waals surface area contributed by atoms with Crippen LogP contribution in [0, 0.1) is 34.5 Å². The molecular weight excluding hydrogens is 452 g/mol. The molecule has 2 atom stereocenters. The highest BCUT2D eigenvalue weighted by atomic mass is 16.5. The topological polar surface area (TPSA) is 82.4 Å². The van der Waals surface area contributed by atoms with E-state index in [0.29, 0.717) is 69.8 Å². The van der Waals surface area contributed by atoms with E-state index in [4.69, 9.17) is 4.74 Å². The van der Waals surface area contributed by atoms with Gasteiger partial charge in [-0.15, -0.1) is 5.92 Å². The summed E-state index contributed by atoms with van der Waals surface area (Å²) < 4.78 is 5.93. The monoisotopic (exact) mass is 491 g/mol. The molecule has 7 heteroatoms. The number of nitriles is 1. The molecule has 0 spiro atoms. The number of carbonyl (C=O) groups excluding carboxylic acids is 2. The molecule has 0 saturated carbocycles. The third kappa shape index (κ3) is 5.75. The minimum absolute atomic E-state index is 0.00961. The molecule has 2 amide bonds. The lowest BCUT2D eigenvalue weighted by atomic mass is 9.66. The number of rotatable bonds is 8. The first-order valence-corrected chi connectivity index (χ1v) is 13.4. The van der Waals surface area contributed by atoms with Crippen LogP contribution in [0.3, 0.4) is 0 Å². The number of benzene rings is 1. The number of likely N-dealkylation sites (tertiary alicyclic amines) is 1. The number of morpholine rings is 1. The van der Waals surface area contributed by atoms with Gasteiger partial charge >= 0.3 is 0 Å². The van der Waals surface area contributed by atoms with Gasteiger partial charge in [-0.25, -0.2) is 0 Å². The van der Waals surface area contributed by atoms with Crippen molar-refractivity contribution in [2.75, 3.05) is 45.9 Å². The fourth-order valence-electron chi connectivity index (χ4n) is 6.16. The van der Waals surface area contributed by atoms with Crippen molar-refractivity contribution >= 4 is 11.8 Å². The van der Waals surface area contributed by atoms with Crippen LogP contribution in [0.2, 0.25) is 0 Å². The second kappa shape index (κ2) is 11.9. The SMILES string of the molecule is CCNC(=O)C(CC(=O)N1CCOCC1)[N+]1(Cc2ccccc2)CCC(C#N)(C2C#CCCC2)CC1. The van der Waals surface area contributed by atoms with Crippen molar-refractivity contribution in [3.8, 4) is 17.9 Å². The van der Waals surface area contributed by atoms with Crippen LogP contribution < -0.4 is 5.32 Å². The molecule has 2 aliphatic heterocycles. The zero-order valence-corrected chi connectivity index (χ0v) is 21.5. The first kappa shape index (κ1) is 26.2. The third-order valence-electron chi connectivity index (χ3n) is 8.35. The number of carbonyl (C=O) groups is 2. The first-order valence-electron chi connectivity index (χ1n) is 13.4. The highest BCUT2D eigenvalue weighted by molar-refractivity contribution is 5.87. The van der Waals surface area contributed by atoms with Crippen LogP contribution >= 0.6 is 0 Å². The maximum atomic E-state index is 13.6. The van der Waals surface area contributed by atoms with Crippen LogP contribution in [-0.2, 0) is 20.9 Å². The predicted molar refractivity (Wildman–Crippen MR) is 137 cm³/mol. The van der Waals surface area contributed by atoms with Crippen LogP contribution in [0.1, 0.15) is 51.0 Å². The van der Waals surface area contributed by atoms with Crippen LogP contribution in [0.4, 0.5) is 0 Å². The summed E-state index contributed by atoms with van der Waals surface area (Å²) in [5.74, 6) is 6.64. The Hall–Kier alpha value is -2.87. The normalized spacial score (nSPS) is 28.8. The molecule has 0 radical (unpaired) electrons. The lowest BCUT2D eigenvalue weighted by Gasteiger charge is -2.51. The van der Waals surface area contributed by atoms with E-state index in [-0.39, 0.29) is 24.2 Å². The standard InChI is InChI=1S/C29H38N4O3/c1-2-31-28(35)26(21-27(34)32-15-19-36-20-16-32)33(22-24-9-5-3-6-10-24)17-13-29(23-30,14-18-33)25-11-7-4-8-12-25/h3,5-6,9-10,25-26H,2,4,7,11,13-22H2,1H3/p+1. The van der Waals surface area contributed by atoms with E-state index in [9.17, 15) is 14.9 Å². The highest BCUT2D eigenvalue weighted by Crippen LogP contribution is 2.45. The van der Waals surface area contributed by atoms with E-state index >= 15 is 0 Å². The minimum Gasteiger partial charge on any atom is -0.378 e. The third-order valence-corrected chi connectivity index (χ3v) is 8.35. The predicted octanol–water partition coefficient (Wildman–Crippen LogP) is 2.86. The first-order chi connectivity index (χ1) is 17.5. The lowest BCUT2D eigenvalue weighted by molar-refractivity contribution is -0.960. The Morgan fingerprint density at radius 2 is 1.97 bits per heavy atom. The van der Waals surface area contributed by atoms with Crippen LogP contribution in [-0.4, -0.2) is 73.2 Å². The molecule has 1 N–H and O–H groups in total. The van der Waals surface area contributed by atoms with E-state index in [0.717, 1.165) is 24.8 Å². The average Bonchev–Trinajstić information content (AvgIpc) is 2.94. The smallest absolute Gasteiger partial charge is 0.278 e. The molecule has 2 saturated heterocycles. The van der Waals surface area contributed by atoms with Gasteiger partial charge in [-0.2, -0.15) is 5.26 Å². The molecule has 0 aromatic heterocycles. The van der Waals surface area contributed by atoms with Crippen molar-refractivity contribution in [2.45, 2.75) is 58.0 Å². The summed E-state index contributed by atoms with van der Waals surface area (Å²) in [5.41, 5.74) is 0.666. The number of likely N-dealkylation sites (N-methyl/N-ethyl adjacent to an activating group) is 1. The van der Waals surface area contributed by atoms with Crippen molar-refractivity contribution in [1.29, 1.82) is 5.26 Å². The number of ether oxygens (including phenoxy) is 1. The number of hydrogen-bond acceptors (Lipinski definition) is 4. The van der Waals surface area contributed by atoms with Gasteiger partial charge in [-0.05, 0) is 19.8 Å². The molecule has 36 heavy (non-hydrogen) atoms. The fraction of sp³-hybridized carbons (Fsp3) is 0.621.